The molecule has 144 valence electrons. The lowest BCUT2D eigenvalue weighted by Crippen LogP contribution is -2.55. The van der Waals surface area contributed by atoms with Crippen LogP contribution in [0.25, 0.3) is 0 Å². The topological polar surface area (TPSA) is 73.4 Å². The summed E-state index contributed by atoms with van der Waals surface area (Å²) in [6, 6.07) is 7.03. The lowest BCUT2D eigenvalue weighted by atomic mass is 10.1. The maximum Gasteiger partial charge on any atom is 0.320 e. The van der Waals surface area contributed by atoms with Crippen molar-refractivity contribution < 1.29 is 19.1 Å². The number of amides is 4. The maximum atomic E-state index is 12.5. The molecule has 27 heavy (non-hydrogen) atoms. The first-order valence-corrected chi connectivity index (χ1v) is 9.44. The van der Waals surface area contributed by atoms with Gasteiger partial charge in [0, 0.05) is 52.4 Å². The van der Waals surface area contributed by atoms with Crippen molar-refractivity contribution in [2.24, 2.45) is 0 Å². The van der Waals surface area contributed by atoms with Gasteiger partial charge in [-0.05, 0) is 12.1 Å². The number of carbonyl (C=O) groups is 3. The second-order valence-electron chi connectivity index (χ2n) is 7.02. The molecule has 3 aliphatic heterocycles. The van der Waals surface area contributed by atoms with Crippen molar-refractivity contribution in [2.45, 2.75) is 0 Å². The summed E-state index contributed by atoms with van der Waals surface area (Å²) >= 11 is 0. The van der Waals surface area contributed by atoms with Crippen LogP contribution in [0.3, 0.4) is 0 Å². The number of hydrogen-bond acceptors (Lipinski definition) is 5. The van der Waals surface area contributed by atoms with Crippen molar-refractivity contribution in [3.63, 3.8) is 0 Å². The molecule has 0 bridgehead atoms. The molecule has 2 fully saturated rings. The van der Waals surface area contributed by atoms with Crippen LogP contribution in [0.4, 0.5) is 4.79 Å². The van der Waals surface area contributed by atoms with Crippen molar-refractivity contribution >= 4 is 17.8 Å². The largest absolute Gasteiger partial charge is 0.378 e. The van der Waals surface area contributed by atoms with Crippen LogP contribution >= 0.6 is 0 Å². The van der Waals surface area contributed by atoms with Gasteiger partial charge in [0.15, 0.2) is 0 Å². The molecule has 0 unspecified atom stereocenters. The number of benzene rings is 1. The van der Waals surface area contributed by atoms with E-state index in [0.29, 0.717) is 63.6 Å². The summed E-state index contributed by atoms with van der Waals surface area (Å²) in [5.41, 5.74) is 0.979. The van der Waals surface area contributed by atoms with Crippen LogP contribution < -0.4 is 0 Å². The average molecular weight is 372 g/mol. The number of fused-ring (bicyclic) bond motifs is 1. The van der Waals surface area contributed by atoms with Gasteiger partial charge in [-0.2, -0.15) is 0 Å². The minimum Gasteiger partial charge on any atom is -0.378 e. The number of nitrogens with zero attached hydrogens (tertiary/aromatic N) is 4. The molecule has 0 N–H and O–H groups in total. The predicted molar refractivity (Wildman–Crippen MR) is 97.6 cm³/mol. The van der Waals surface area contributed by atoms with Crippen molar-refractivity contribution in [1.29, 1.82) is 0 Å². The summed E-state index contributed by atoms with van der Waals surface area (Å²) in [4.78, 5) is 44.6. The van der Waals surface area contributed by atoms with E-state index in [0.717, 1.165) is 13.1 Å². The highest BCUT2D eigenvalue weighted by molar-refractivity contribution is 6.21. The van der Waals surface area contributed by atoms with E-state index in [1.54, 1.807) is 24.3 Å². The molecule has 1 aromatic carbocycles. The molecule has 3 aliphatic rings. The van der Waals surface area contributed by atoms with E-state index >= 15 is 0 Å². The Morgan fingerprint density at radius 1 is 0.815 bits per heavy atom. The third kappa shape index (κ3) is 3.54. The monoisotopic (exact) mass is 372 g/mol. The van der Waals surface area contributed by atoms with E-state index in [-0.39, 0.29) is 17.8 Å². The summed E-state index contributed by atoms with van der Waals surface area (Å²) in [5, 5.41) is 0. The first-order chi connectivity index (χ1) is 13.1. The molecular formula is C19H24N4O4. The SMILES string of the molecule is O=C(N1CCOCC1)N1CCN(CCN2C(=O)c3ccccc3C2=O)CC1. The molecule has 0 aliphatic carbocycles. The molecule has 4 amide bonds. The van der Waals surface area contributed by atoms with Crippen LogP contribution in [-0.4, -0.2) is 103 Å². The fourth-order valence-corrected chi connectivity index (χ4v) is 3.80. The fourth-order valence-electron chi connectivity index (χ4n) is 3.80. The second kappa shape index (κ2) is 7.66. The Morgan fingerprint density at radius 3 is 1.96 bits per heavy atom. The normalized spacial score (nSPS) is 21.0. The Labute approximate surface area is 158 Å². The predicted octanol–water partition coefficient (Wildman–Crippen LogP) is 0.352. The Balaban J connectivity index is 1.26. The van der Waals surface area contributed by atoms with Crippen LogP contribution in [0.5, 0.6) is 0 Å². The van der Waals surface area contributed by atoms with Crippen molar-refractivity contribution in [3.8, 4) is 0 Å². The molecule has 2 saturated heterocycles. The molecule has 8 nitrogen and oxygen atoms in total. The third-order valence-corrected chi connectivity index (χ3v) is 5.44. The van der Waals surface area contributed by atoms with Gasteiger partial charge in [-0.25, -0.2) is 4.79 Å². The number of imide groups is 1. The van der Waals surface area contributed by atoms with Gasteiger partial charge in [0.1, 0.15) is 0 Å². The number of morpholine rings is 1. The van der Waals surface area contributed by atoms with Crippen LogP contribution in [0.1, 0.15) is 20.7 Å². The molecule has 8 heteroatoms. The average Bonchev–Trinajstić information content (AvgIpc) is 2.97. The molecule has 0 aromatic heterocycles. The number of carbonyl (C=O) groups excluding carboxylic acids is 3. The highest BCUT2D eigenvalue weighted by Gasteiger charge is 2.35. The highest BCUT2D eigenvalue weighted by atomic mass is 16.5. The molecule has 3 heterocycles. The van der Waals surface area contributed by atoms with Crippen LogP contribution in [0.15, 0.2) is 24.3 Å². The van der Waals surface area contributed by atoms with Crippen molar-refractivity contribution in [3.05, 3.63) is 35.4 Å². The molecular weight excluding hydrogens is 348 g/mol. The summed E-state index contributed by atoms with van der Waals surface area (Å²) in [5.74, 6) is -0.423. The number of hydrogen-bond donors (Lipinski definition) is 0. The quantitative estimate of drug-likeness (QED) is 0.716. The van der Waals surface area contributed by atoms with Gasteiger partial charge < -0.3 is 14.5 Å². The molecule has 0 spiro atoms. The standard InChI is InChI=1S/C19H24N4O4/c24-17-15-3-1-2-4-16(15)18(25)23(17)10-7-20-5-8-21(9-6-20)19(26)22-11-13-27-14-12-22/h1-4H,5-14H2. The third-order valence-electron chi connectivity index (χ3n) is 5.44. The van der Waals surface area contributed by atoms with Gasteiger partial charge in [0.05, 0.1) is 24.3 Å². The maximum absolute atomic E-state index is 12.5. The zero-order valence-electron chi connectivity index (χ0n) is 15.3. The first kappa shape index (κ1) is 17.9. The Hall–Kier alpha value is -2.45. The van der Waals surface area contributed by atoms with Gasteiger partial charge in [-0.3, -0.25) is 19.4 Å². The van der Waals surface area contributed by atoms with Crippen LogP contribution in [0.2, 0.25) is 0 Å². The second-order valence-corrected chi connectivity index (χ2v) is 7.02. The fraction of sp³-hybridized carbons (Fsp3) is 0.526. The molecule has 1 aromatic rings. The summed E-state index contributed by atoms with van der Waals surface area (Å²) < 4.78 is 5.30. The number of ether oxygens (including phenoxy) is 1. The number of rotatable bonds is 3. The minimum atomic E-state index is -0.211. The molecule has 0 atom stereocenters. The molecule has 4 rings (SSSR count). The molecule has 0 radical (unpaired) electrons. The zero-order chi connectivity index (χ0) is 18.8. The van der Waals surface area contributed by atoms with E-state index in [9.17, 15) is 14.4 Å². The Bertz CT molecular complexity index is 704. The highest BCUT2D eigenvalue weighted by Crippen LogP contribution is 2.22. The van der Waals surface area contributed by atoms with Gasteiger partial charge in [0.2, 0.25) is 0 Å². The van der Waals surface area contributed by atoms with Gasteiger partial charge in [-0.15, -0.1) is 0 Å². The smallest absolute Gasteiger partial charge is 0.320 e. The summed E-state index contributed by atoms with van der Waals surface area (Å²) in [7, 11) is 0. The lowest BCUT2D eigenvalue weighted by molar-refractivity contribution is 0.0370. The van der Waals surface area contributed by atoms with E-state index in [1.807, 2.05) is 9.80 Å². The molecule has 0 saturated carbocycles. The minimum absolute atomic E-state index is 0.0818. The summed E-state index contributed by atoms with van der Waals surface area (Å²) in [6.45, 7) is 6.35. The number of urea groups is 1. The summed E-state index contributed by atoms with van der Waals surface area (Å²) in [6.07, 6.45) is 0. The first-order valence-electron chi connectivity index (χ1n) is 9.44. The van der Waals surface area contributed by atoms with Gasteiger partial charge >= 0.3 is 6.03 Å². The van der Waals surface area contributed by atoms with Crippen LogP contribution in [0, 0.1) is 0 Å². The lowest BCUT2D eigenvalue weighted by Gasteiger charge is -2.38. The van der Waals surface area contributed by atoms with E-state index in [4.69, 9.17) is 4.74 Å². The van der Waals surface area contributed by atoms with Crippen LogP contribution in [-0.2, 0) is 4.74 Å². The number of piperazine rings is 1. The Kier molecular flexibility index (Phi) is 5.09. The van der Waals surface area contributed by atoms with Gasteiger partial charge in [-0.1, -0.05) is 12.1 Å². The van der Waals surface area contributed by atoms with Crippen molar-refractivity contribution in [2.75, 3.05) is 65.6 Å². The van der Waals surface area contributed by atoms with Gasteiger partial charge in [0.25, 0.3) is 11.8 Å². The van der Waals surface area contributed by atoms with E-state index in [2.05, 4.69) is 4.90 Å². The van der Waals surface area contributed by atoms with Crippen molar-refractivity contribution in [1.82, 2.24) is 19.6 Å². The Morgan fingerprint density at radius 2 is 1.37 bits per heavy atom. The zero-order valence-corrected chi connectivity index (χ0v) is 15.3. The van der Waals surface area contributed by atoms with E-state index < -0.39 is 0 Å². The van der Waals surface area contributed by atoms with E-state index in [1.165, 1.54) is 4.90 Å².